The van der Waals surface area contributed by atoms with Crippen LogP contribution in [0.3, 0.4) is 0 Å². The minimum absolute atomic E-state index is 0.0921. The summed E-state index contributed by atoms with van der Waals surface area (Å²) in [7, 11) is -2.52. The van der Waals surface area contributed by atoms with Gasteiger partial charge in [-0.2, -0.15) is 9.40 Å². The summed E-state index contributed by atoms with van der Waals surface area (Å²) in [6.45, 7) is 1.40. The van der Waals surface area contributed by atoms with Crippen LogP contribution in [0.25, 0.3) is 5.69 Å². The molecule has 0 saturated heterocycles. The Bertz CT molecular complexity index is 1280. The average molecular weight is 468 g/mol. The first-order chi connectivity index (χ1) is 15.8. The first-order valence-electron chi connectivity index (χ1n) is 10.6. The molecule has 2 aromatic carbocycles. The molecule has 1 aliphatic rings. The number of hydrogen-bond donors (Lipinski definition) is 2. The van der Waals surface area contributed by atoms with E-state index in [-0.39, 0.29) is 10.6 Å². The van der Waals surface area contributed by atoms with Crippen LogP contribution in [0.1, 0.15) is 33.7 Å². The van der Waals surface area contributed by atoms with Crippen LogP contribution in [0, 0.1) is 6.92 Å². The molecule has 2 amide bonds. The van der Waals surface area contributed by atoms with E-state index in [9.17, 15) is 18.0 Å². The maximum absolute atomic E-state index is 12.8. The number of nitrogens with zero attached hydrogens (tertiary/aromatic N) is 3. The number of hydrogen-bond acceptors (Lipinski definition) is 5. The Labute approximate surface area is 192 Å². The van der Waals surface area contributed by atoms with Gasteiger partial charge in [0.2, 0.25) is 10.0 Å². The third-order valence-corrected chi connectivity index (χ3v) is 7.37. The van der Waals surface area contributed by atoms with Gasteiger partial charge in [0.25, 0.3) is 11.8 Å². The van der Waals surface area contributed by atoms with Crippen molar-refractivity contribution in [3.05, 3.63) is 77.1 Å². The Balaban J connectivity index is 1.41. The number of para-hydroxylation sites is 1. The molecule has 3 aromatic rings. The van der Waals surface area contributed by atoms with Crippen LogP contribution in [0.4, 0.5) is 0 Å². The van der Waals surface area contributed by atoms with E-state index >= 15 is 0 Å². The highest BCUT2D eigenvalue weighted by molar-refractivity contribution is 7.89. The lowest BCUT2D eigenvalue weighted by Crippen LogP contribution is -2.47. The third-order valence-electron chi connectivity index (χ3n) is 5.56. The van der Waals surface area contributed by atoms with E-state index in [4.69, 9.17) is 0 Å². The van der Waals surface area contributed by atoms with Crippen molar-refractivity contribution in [3.8, 4) is 5.69 Å². The number of fused-ring (bicyclic) bond motifs is 1. The zero-order chi connectivity index (χ0) is 23.6. The van der Waals surface area contributed by atoms with Crippen LogP contribution in [-0.4, -0.2) is 47.9 Å². The fourth-order valence-electron chi connectivity index (χ4n) is 3.81. The van der Waals surface area contributed by atoms with Gasteiger partial charge < -0.3 is 0 Å². The molecule has 9 nitrogen and oxygen atoms in total. The molecule has 0 aliphatic heterocycles. The molecule has 0 radical (unpaired) electrons. The first kappa shape index (κ1) is 22.7. The molecule has 10 heteroatoms. The van der Waals surface area contributed by atoms with E-state index < -0.39 is 28.4 Å². The van der Waals surface area contributed by atoms with Crippen LogP contribution in [-0.2, 0) is 27.7 Å². The normalized spacial score (nSPS) is 13.1. The van der Waals surface area contributed by atoms with E-state index in [1.54, 1.807) is 16.8 Å². The topological polar surface area (TPSA) is 113 Å². The quantitative estimate of drug-likeness (QED) is 0.536. The number of rotatable bonds is 6. The molecule has 33 heavy (non-hydrogen) atoms. The van der Waals surface area contributed by atoms with Crippen molar-refractivity contribution < 1.29 is 18.0 Å². The number of benzene rings is 2. The molecule has 2 N–H and O–H groups in total. The zero-order valence-electron chi connectivity index (χ0n) is 18.4. The maximum atomic E-state index is 12.8. The monoisotopic (exact) mass is 467 g/mol. The molecule has 0 fully saturated rings. The number of carbonyl (C=O) groups is 2. The van der Waals surface area contributed by atoms with Gasteiger partial charge in [0.05, 0.1) is 17.1 Å². The number of carbonyl (C=O) groups excluding carboxylic acids is 2. The molecule has 1 aliphatic carbocycles. The largest absolute Gasteiger partial charge is 0.290 e. The van der Waals surface area contributed by atoms with Gasteiger partial charge in [0.15, 0.2) is 5.69 Å². The molecule has 172 valence electrons. The van der Waals surface area contributed by atoms with Gasteiger partial charge >= 0.3 is 0 Å². The number of amides is 2. The molecular formula is C23H25N5O4S. The van der Waals surface area contributed by atoms with Crippen LogP contribution < -0.4 is 10.9 Å². The number of sulfonamides is 1. The van der Waals surface area contributed by atoms with Crippen molar-refractivity contribution in [2.45, 2.75) is 31.1 Å². The summed E-state index contributed by atoms with van der Waals surface area (Å²) < 4.78 is 28.0. The van der Waals surface area contributed by atoms with Crippen LogP contribution in [0.5, 0.6) is 0 Å². The third kappa shape index (κ3) is 4.67. The predicted molar refractivity (Wildman–Crippen MR) is 122 cm³/mol. The number of likely N-dealkylation sites (N-methyl/N-ethyl adjacent to an activating group) is 1. The minimum Gasteiger partial charge on any atom is -0.272 e. The highest BCUT2D eigenvalue weighted by Gasteiger charge is 2.28. The SMILES string of the molecule is Cc1ccc(S(=O)(=O)N(C)CC(=O)NNC(=O)c2nn(-c3ccccc3)c3c2CCC3)cc1. The molecule has 1 heterocycles. The van der Waals surface area contributed by atoms with Gasteiger partial charge in [-0.25, -0.2) is 13.1 Å². The van der Waals surface area contributed by atoms with Crippen molar-refractivity contribution in [2.24, 2.45) is 0 Å². The fraction of sp³-hybridized carbons (Fsp3) is 0.261. The van der Waals surface area contributed by atoms with E-state index in [1.165, 1.54) is 19.2 Å². The summed E-state index contributed by atoms with van der Waals surface area (Å²) in [4.78, 5) is 25.2. The average Bonchev–Trinajstić information content (AvgIpc) is 3.41. The summed E-state index contributed by atoms with van der Waals surface area (Å²) in [6, 6.07) is 15.9. The van der Waals surface area contributed by atoms with Crippen LogP contribution >= 0.6 is 0 Å². The Hall–Kier alpha value is -3.50. The lowest BCUT2D eigenvalue weighted by atomic mass is 10.2. The van der Waals surface area contributed by atoms with E-state index in [0.717, 1.165) is 46.1 Å². The highest BCUT2D eigenvalue weighted by atomic mass is 32.2. The second kappa shape index (κ2) is 9.16. The molecule has 0 unspecified atom stereocenters. The van der Waals surface area contributed by atoms with Crippen molar-refractivity contribution in [3.63, 3.8) is 0 Å². The fourth-order valence-corrected chi connectivity index (χ4v) is 4.93. The molecule has 0 bridgehead atoms. The van der Waals surface area contributed by atoms with E-state index in [2.05, 4.69) is 16.0 Å². The Kier molecular flexibility index (Phi) is 6.30. The molecule has 4 rings (SSSR count). The summed E-state index contributed by atoms with van der Waals surface area (Å²) in [5, 5.41) is 4.47. The summed E-state index contributed by atoms with van der Waals surface area (Å²) in [5.74, 6) is -1.21. The van der Waals surface area contributed by atoms with Crippen LogP contribution in [0.2, 0.25) is 0 Å². The lowest BCUT2D eigenvalue weighted by molar-refractivity contribution is -0.121. The van der Waals surface area contributed by atoms with Crippen molar-refractivity contribution in [1.82, 2.24) is 24.9 Å². The lowest BCUT2D eigenvalue weighted by Gasteiger charge is -2.17. The number of aryl methyl sites for hydroxylation is 1. The van der Waals surface area contributed by atoms with Gasteiger partial charge in [-0.1, -0.05) is 35.9 Å². The summed E-state index contributed by atoms with van der Waals surface area (Å²) in [6.07, 6.45) is 2.48. The van der Waals surface area contributed by atoms with Gasteiger partial charge in [-0.05, 0) is 50.5 Å². The number of nitrogens with one attached hydrogen (secondary N) is 2. The Morgan fingerprint density at radius 3 is 2.42 bits per heavy atom. The molecule has 1 aromatic heterocycles. The molecule has 0 saturated carbocycles. The van der Waals surface area contributed by atoms with Crippen molar-refractivity contribution in [2.75, 3.05) is 13.6 Å². The molecule has 0 spiro atoms. The van der Waals surface area contributed by atoms with E-state index in [1.807, 2.05) is 37.3 Å². The Morgan fingerprint density at radius 1 is 1.03 bits per heavy atom. The van der Waals surface area contributed by atoms with Crippen LogP contribution in [0.15, 0.2) is 59.5 Å². The summed E-state index contributed by atoms with van der Waals surface area (Å²) >= 11 is 0. The number of hydrazine groups is 1. The smallest absolute Gasteiger partial charge is 0.272 e. The first-order valence-corrected chi connectivity index (χ1v) is 12.0. The van der Waals surface area contributed by atoms with E-state index in [0.29, 0.717) is 0 Å². The second-order valence-electron chi connectivity index (χ2n) is 7.95. The van der Waals surface area contributed by atoms with Gasteiger partial charge in [-0.15, -0.1) is 0 Å². The zero-order valence-corrected chi connectivity index (χ0v) is 19.2. The molecular weight excluding hydrogens is 442 g/mol. The molecule has 0 atom stereocenters. The van der Waals surface area contributed by atoms with Gasteiger partial charge in [-0.3, -0.25) is 20.4 Å². The predicted octanol–water partition coefficient (Wildman–Crippen LogP) is 1.75. The highest BCUT2D eigenvalue weighted by Crippen LogP contribution is 2.27. The minimum atomic E-state index is -3.83. The second-order valence-corrected chi connectivity index (χ2v) is 10.00. The van der Waals surface area contributed by atoms with Crippen molar-refractivity contribution in [1.29, 1.82) is 0 Å². The summed E-state index contributed by atoms with van der Waals surface area (Å²) in [5.41, 5.74) is 8.55. The maximum Gasteiger partial charge on any atom is 0.290 e. The van der Waals surface area contributed by atoms with Gasteiger partial charge in [0.1, 0.15) is 0 Å². The Morgan fingerprint density at radius 2 is 1.73 bits per heavy atom. The number of aromatic nitrogens is 2. The van der Waals surface area contributed by atoms with Crippen molar-refractivity contribution >= 4 is 21.8 Å². The standard InChI is InChI=1S/C23H25N5O4S/c1-16-11-13-18(14-12-16)33(31,32)27(2)15-21(29)24-25-23(30)22-19-9-6-10-20(19)28(26-22)17-7-4-3-5-8-17/h3-5,7-8,11-14H,6,9-10,15H2,1-2H3,(H,24,29)(H,25,30). The van der Waals surface area contributed by atoms with Gasteiger partial charge in [0, 0.05) is 18.3 Å².